The molecule has 2 amide bonds. The summed E-state index contributed by atoms with van der Waals surface area (Å²) in [5.41, 5.74) is 2.18. The molecule has 246 valence electrons. The molecule has 1 N–H and O–H groups in total. The summed E-state index contributed by atoms with van der Waals surface area (Å²) in [6, 6.07) is 31.0. The molecule has 8 nitrogen and oxygen atoms in total. The highest BCUT2D eigenvalue weighted by Crippen LogP contribution is 2.29. The highest BCUT2D eigenvalue weighted by Gasteiger charge is 2.34. The monoisotopic (exact) mass is 653 g/mol. The summed E-state index contributed by atoms with van der Waals surface area (Å²) in [5.74, 6) is 0.493. The lowest BCUT2D eigenvalue weighted by atomic mass is 9.95. The number of ether oxygens (including phenoxy) is 1. The molecule has 4 aromatic carbocycles. The highest BCUT2D eigenvalue weighted by molar-refractivity contribution is 7.92. The van der Waals surface area contributed by atoms with Gasteiger partial charge in [0.05, 0.1) is 10.6 Å². The Morgan fingerprint density at radius 3 is 2.04 bits per heavy atom. The number of nitrogens with one attached hydrogen (secondary N) is 1. The molecule has 0 unspecified atom stereocenters. The van der Waals surface area contributed by atoms with Crippen LogP contribution in [0.25, 0.3) is 0 Å². The quantitative estimate of drug-likeness (QED) is 0.164. The van der Waals surface area contributed by atoms with E-state index in [1.807, 2.05) is 68.4 Å². The molecule has 5 rings (SSSR count). The molecule has 1 aliphatic carbocycles. The van der Waals surface area contributed by atoms with Crippen molar-refractivity contribution in [2.24, 2.45) is 0 Å². The molecule has 0 aliphatic heterocycles. The predicted octanol–water partition coefficient (Wildman–Crippen LogP) is 7.24. The van der Waals surface area contributed by atoms with Gasteiger partial charge in [0.2, 0.25) is 11.8 Å². The summed E-state index contributed by atoms with van der Waals surface area (Å²) in [4.78, 5) is 29.8. The molecule has 9 heteroatoms. The van der Waals surface area contributed by atoms with Crippen molar-refractivity contribution in [1.82, 2.24) is 10.2 Å². The van der Waals surface area contributed by atoms with Gasteiger partial charge in [-0.15, -0.1) is 0 Å². The Bertz CT molecular complexity index is 1720. The molecule has 0 spiro atoms. The molecule has 1 atom stereocenters. The van der Waals surface area contributed by atoms with E-state index in [1.54, 1.807) is 47.4 Å². The lowest BCUT2D eigenvalue weighted by molar-refractivity contribution is -0.140. The molecule has 4 aromatic rings. The molecule has 0 heterocycles. The number of sulfonamides is 1. The van der Waals surface area contributed by atoms with Crippen molar-refractivity contribution in [2.75, 3.05) is 10.8 Å². The summed E-state index contributed by atoms with van der Waals surface area (Å²) in [6.45, 7) is 3.53. The Balaban J connectivity index is 1.48. The van der Waals surface area contributed by atoms with Gasteiger partial charge in [-0.1, -0.05) is 86.8 Å². The van der Waals surface area contributed by atoms with Crippen molar-refractivity contribution in [3.8, 4) is 11.5 Å². The molecule has 0 radical (unpaired) electrons. The Hall–Kier alpha value is -4.63. The zero-order chi connectivity index (χ0) is 33.2. The molecule has 1 aliphatic rings. The van der Waals surface area contributed by atoms with Gasteiger partial charge < -0.3 is 15.0 Å². The second-order valence-electron chi connectivity index (χ2n) is 11.9. The fourth-order valence-corrected chi connectivity index (χ4v) is 7.42. The van der Waals surface area contributed by atoms with Crippen LogP contribution in [0.3, 0.4) is 0 Å². The molecule has 47 heavy (non-hydrogen) atoms. The first kappa shape index (κ1) is 33.7. The minimum atomic E-state index is -4.17. The average molecular weight is 654 g/mol. The maximum absolute atomic E-state index is 14.4. The fourth-order valence-electron chi connectivity index (χ4n) is 5.99. The summed E-state index contributed by atoms with van der Waals surface area (Å²) in [6.07, 6.45) is 5.51. The van der Waals surface area contributed by atoms with E-state index in [4.69, 9.17) is 4.74 Å². The smallest absolute Gasteiger partial charge is 0.264 e. The van der Waals surface area contributed by atoms with Crippen molar-refractivity contribution in [2.45, 2.75) is 75.9 Å². The molecule has 0 saturated heterocycles. The fraction of sp³-hybridized carbons (Fsp3) is 0.316. The second kappa shape index (κ2) is 15.8. The maximum atomic E-state index is 14.4. The van der Waals surface area contributed by atoms with Crippen LogP contribution in [0.4, 0.5) is 5.69 Å². The molecule has 0 bridgehead atoms. The van der Waals surface area contributed by atoms with E-state index in [-0.39, 0.29) is 23.4 Å². The predicted molar refractivity (Wildman–Crippen MR) is 185 cm³/mol. The van der Waals surface area contributed by atoms with Gasteiger partial charge in [0.15, 0.2) is 0 Å². The van der Waals surface area contributed by atoms with Crippen LogP contribution >= 0.6 is 0 Å². The van der Waals surface area contributed by atoms with Gasteiger partial charge in [0.1, 0.15) is 24.1 Å². The third kappa shape index (κ3) is 8.60. The summed E-state index contributed by atoms with van der Waals surface area (Å²) >= 11 is 0. The van der Waals surface area contributed by atoms with Gasteiger partial charge in [-0.3, -0.25) is 13.9 Å². The van der Waals surface area contributed by atoms with Gasteiger partial charge in [0.25, 0.3) is 10.0 Å². The number of carbonyl (C=O) groups is 2. The van der Waals surface area contributed by atoms with Crippen LogP contribution in [0.2, 0.25) is 0 Å². The number of nitrogens with zero attached hydrogens (tertiary/aromatic N) is 2. The van der Waals surface area contributed by atoms with Crippen LogP contribution in [0.15, 0.2) is 114 Å². The maximum Gasteiger partial charge on any atom is 0.264 e. The Labute approximate surface area is 278 Å². The van der Waals surface area contributed by atoms with Crippen molar-refractivity contribution in [3.63, 3.8) is 0 Å². The van der Waals surface area contributed by atoms with Crippen LogP contribution in [0.1, 0.15) is 56.6 Å². The standard InChI is InChI=1S/C38H43N3O5S/c1-3-36(38(43)39-31-17-7-4-8-18-31)40(27-30-16-14-13-15-29(30)2)37(42)28-41(47(44,45)35-21-11-6-12-22-35)32-23-25-34(26-24-32)46-33-19-9-5-10-20-33/h5-6,9-16,19-26,31,36H,3-4,7-8,17-18,27-28H2,1-2H3,(H,39,43)/t36-/m0/s1. The van der Waals surface area contributed by atoms with Crippen molar-refractivity contribution in [1.29, 1.82) is 0 Å². The number of anilines is 1. The average Bonchev–Trinajstić information content (AvgIpc) is 3.09. The molecule has 1 fully saturated rings. The highest BCUT2D eigenvalue weighted by atomic mass is 32.2. The summed E-state index contributed by atoms with van der Waals surface area (Å²) in [7, 11) is -4.17. The van der Waals surface area contributed by atoms with Gasteiger partial charge in [-0.05, 0) is 85.8 Å². The van der Waals surface area contributed by atoms with Crippen LogP contribution in [-0.2, 0) is 26.2 Å². The van der Waals surface area contributed by atoms with Gasteiger partial charge >= 0.3 is 0 Å². The van der Waals surface area contributed by atoms with E-state index in [0.29, 0.717) is 23.6 Å². The van der Waals surface area contributed by atoms with E-state index >= 15 is 0 Å². The number of hydrogen-bond acceptors (Lipinski definition) is 5. The zero-order valence-corrected chi connectivity index (χ0v) is 27.9. The van der Waals surface area contributed by atoms with Crippen molar-refractivity contribution >= 4 is 27.5 Å². The SMILES string of the molecule is CC[C@@H](C(=O)NC1CCCCC1)N(Cc1ccccc1C)C(=O)CN(c1ccc(Oc2ccccc2)cc1)S(=O)(=O)c1ccccc1. The van der Waals surface area contributed by atoms with Crippen molar-refractivity contribution in [3.05, 3.63) is 120 Å². The number of para-hydroxylation sites is 1. The largest absolute Gasteiger partial charge is 0.457 e. The van der Waals surface area contributed by atoms with Gasteiger partial charge in [0, 0.05) is 12.6 Å². The zero-order valence-electron chi connectivity index (χ0n) is 27.0. The lowest BCUT2D eigenvalue weighted by Crippen LogP contribution is -2.54. The molecular weight excluding hydrogens is 611 g/mol. The van der Waals surface area contributed by atoms with Gasteiger partial charge in [-0.25, -0.2) is 8.42 Å². The van der Waals surface area contributed by atoms with Crippen LogP contribution < -0.4 is 14.4 Å². The first-order chi connectivity index (χ1) is 22.8. The lowest BCUT2D eigenvalue weighted by Gasteiger charge is -2.34. The Morgan fingerprint density at radius 2 is 1.40 bits per heavy atom. The minimum absolute atomic E-state index is 0.0601. The Kier molecular flexibility index (Phi) is 11.3. The third-order valence-corrected chi connectivity index (χ3v) is 10.4. The molecule has 0 aromatic heterocycles. The number of aryl methyl sites for hydroxylation is 1. The van der Waals surface area contributed by atoms with E-state index in [0.717, 1.165) is 47.5 Å². The molecule has 1 saturated carbocycles. The van der Waals surface area contributed by atoms with Crippen LogP contribution in [-0.4, -0.2) is 43.8 Å². The van der Waals surface area contributed by atoms with Crippen LogP contribution in [0.5, 0.6) is 11.5 Å². The first-order valence-corrected chi connectivity index (χ1v) is 17.8. The van der Waals surface area contributed by atoms with Crippen LogP contribution in [0, 0.1) is 6.92 Å². The number of benzene rings is 4. The number of hydrogen-bond donors (Lipinski definition) is 1. The van der Waals surface area contributed by atoms with Crippen molar-refractivity contribution < 1.29 is 22.7 Å². The van der Waals surface area contributed by atoms with Gasteiger partial charge in [-0.2, -0.15) is 0 Å². The molecular formula is C38H43N3O5S. The Morgan fingerprint density at radius 1 is 0.809 bits per heavy atom. The minimum Gasteiger partial charge on any atom is -0.457 e. The summed E-state index contributed by atoms with van der Waals surface area (Å²) < 4.78 is 35.4. The third-order valence-electron chi connectivity index (χ3n) is 8.65. The number of amides is 2. The van der Waals surface area contributed by atoms with E-state index in [1.165, 1.54) is 12.1 Å². The topological polar surface area (TPSA) is 96.0 Å². The number of rotatable bonds is 13. The van der Waals surface area contributed by atoms with E-state index in [9.17, 15) is 18.0 Å². The normalized spacial score (nSPS) is 14.2. The second-order valence-corrected chi connectivity index (χ2v) is 13.8. The number of carbonyl (C=O) groups excluding carboxylic acids is 2. The van der Waals surface area contributed by atoms with E-state index < -0.39 is 28.5 Å². The first-order valence-electron chi connectivity index (χ1n) is 16.3. The summed E-state index contributed by atoms with van der Waals surface area (Å²) in [5, 5.41) is 3.19. The van der Waals surface area contributed by atoms with E-state index in [2.05, 4.69) is 5.32 Å².